The number of aryl methyl sites for hydroxylation is 1. The minimum atomic E-state index is -0.804. The maximum Gasteiger partial charge on any atom is 0.410 e. The first-order chi connectivity index (χ1) is 18.2. The number of hydrogen-bond acceptors (Lipinski definition) is 6. The largest absolute Gasteiger partial charge is 0.489 e. The Morgan fingerprint density at radius 2 is 1.71 bits per heavy atom. The number of benzene rings is 2. The second-order valence-electron chi connectivity index (χ2n) is 9.04. The van der Waals surface area contributed by atoms with Gasteiger partial charge in [0, 0.05) is 20.0 Å². The van der Waals surface area contributed by atoms with Crippen LogP contribution in [0.25, 0.3) is 5.57 Å². The van der Waals surface area contributed by atoms with E-state index in [4.69, 9.17) is 25.8 Å². The minimum absolute atomic E-state index is 0.127. The molecule has 0 aromatic heterocycles. The van der Waals surface area contributed by atoms with E-state index in [-0.39, 0.29) is 31.2 Å². The van der Waals surface area contributed by atoms with Gasteiger partial charge in [0.25, 0.3) is 0 Å². The zero-order valence-electron chi connectivity index (χ0n) is 21.1. The van der Waals surface area contributed by atoms with Crippen LogP contribution in [0.3, 0.4) is 0 Å². The fourth-order valence-electron chi connectivity index (χ4n) is 4.91. The number of fused-ring (bicyclic) bond motifs is 2. The predicted molar refractivity (Wildman–Crippen MR) is 135 cm³/mol. The molecule has 8 nitrogen and oxygen atoms in total. The molecular formula is C27H27ClF2N2O6. The number of halogens is 3. The van der Waals surface area contributed by atoms with E-state index in [0.717, 1.165) is 23.3 Å². The topological polar surface area (TPSA) is 85.4 Å². The number of ether oxygens (including phenoxy) is 3. The summed E-state index contributed by atoms with van der Waals surface area (Å²) in [4.78, 5) is 41.2. The maximum absolute atomic E-state index is 13.9. The van der Waals surface area contributed by atoms with Crippen LogP contribution in [-0.2, 0) is 25.5 Å². The van der Waals surface area contributed by atoms with E-state index in [0.29, 0.717) is 24.0 Å². The van der Waals surface area contributed by atoms with Gasteiger partial charge in [-0.25, -0.2) is 18.4 Å². The Morgan fingerprint density at radius 1 is 1.03 bits per heavy atom. The number of amides is 2. The van der Waals surface area contributed by atoms with Crippen LogP contribution in [0.1, 0.15) is 24.0 Å². The molecule has 202 valence electrons. The molecule has 2 unspecified atom stereocenters. The first-order valence-corrected chi connectivity index (χ1v) is 12.3. The molecular weight excluding hydrogens is 522 g/mol. The van der Waals surface area contributed by atoms with E-state index in [2.05, 4.69) is 0 Å². The monoisotopic (exact) mass is 548 g/mol. The van der Waals surface area contributed by atoms with E-state index < -0.39 is 40.8 Å². The molecule has 0 radical (unpaired) electrons. The van der Waals surface area contributed by atoms with Crippen LogP contribution < -0.4 is 4.74 Å². The average Bonchev–Trinajstić information content (AvgIpc) is 2.92. The Kier molecular flexibility index (Phi) is 8.20. The predicted octanol–water partition coefficient (Wildman–Crippen LogP) is 4.24. The quantitative estimate of drug-likeness (QED) is 0.292. The lowest BCUT2D eigenvalue weighted by molar-refractivity contribution is -0.144. The number of methoxy groups -OCH3 is 2. The number of rotatable bonds is 7. The van der Waals surface area contributed by atoms with Crippen molar-refractivity contribution in [3.05, 3.63) is 69.8 Å². The highest BCUT2D eigenvalue weighted by molar-refractivity contribution is 6.32. The second-order valence-corrected chi connectivity index (χ2v) is 9.41. The molecule has 2 aliphatic heterocycles. The molecule has 2 aromatic rings. The van der Waals surface area contributed by atoms with Gasteiger partial charge in [-0.1, -0.05) is 35.9 Å². The van der Waals surface area contributed by atoms with Crippen LogP contribution in [0.4, 0.5) is 13.6 Å². The van der Waals surface area contributed by atoms with E-state index in [1.54, 1.807) is 7.05 Å². The van der Waals surface area contributed by atoms with Crippen LogP contribution in [0.15, 0.2) is 42.0 Å². The highest BCUT2D eigenvalue weighted by atomic mass is 35.5. The van der Waals surface area contributed by atoms with Crippen molar-refractivity contribution in [3.63, 3.8) is 0 Å². The number of piperazine rings is 1. The van der Waals surface area contributed by atoms with Gasteiger partial charge >= 0.3 is 12.1 Å². The molecule has 4 rings (SSSR count). The number of likely N-dealkylation sites (N-methyl/N-ethyl adjacent to an activating group) is 1. The Morgan fingerprint density at radius 3 is 2.37 bits per heavy atom. The summed E-state index contributed by atoms with van der Waals surface area (Å²) in [6, 6.07) is 7.83. The van der Waals surface area contributed by atoms with Crippen molar-refractivity contribution in [3.8, 4) is 5.75 Å². The molecule has 2 bridgehead atoms. The maximum atomic E-state index is 13.9. The summed E-state index contributed by atoms with van der Waals surface area (Å²) < 4.78 is 42.7. The zero-order valence-corrected chi connectivity index (χ0v) is 21.9. The smallest absolute Gasteiger partial charge is 0.410 e. The first kappa shape index (κ1) is 27.4. The lowest BCUT2D eigenvalue weighted by atomic mass is 9.81. The third-order valence-electron chi connectivity index (χ3n) is 6.79. The van der Waals surface area contributed by atoms with Crippen molar-refractivity contribution in [1.82, 2.24) is 9.80 Å². The van der Waals surface area contributed by atoms with Gasteiger partial charge in [0.2, 0.25) is 5.91 Å². The van der Waals surface area contributed by atoms with Gasteiger partial charge in [0.15, 0.2) is 11.6 Å². The van der Waals surface area contributed by atoms with E-state index >= 15 is 0 Å². The van der Waals surface area contributed by atoms with Gasteiger partial charge in [-0.2, -0.15) is 0 Å². The molecule has 1 fully saturated rings. The molecule has 2 atom stereocenters. The summed E-state index contributed by atoms with van der Waals surface area (Å²) in [6.07, 6.45) is 0.550. The first-order valence-electron chi connectivity index (χ1n) is 12.0. The Bertz CT molecular complexity index is 1280. The summed E-state index contributed by atoms with van der Waals surface area (Å²) >= 11 is 5.79. The third kappa shape index (κ3) is 5.18. The molecule has 0 aliphatic carbocycles. The standard InChI is InChI=1S/C27H27ClF2N2O6/c1-31-14-21-22(26(34)36-2)17(13-20(25(31)33)32(21)27(35)37-3)16-8-6-15(7-9-16)5-4-12-38-24-19(30)11-10-18(29)23(24)28/h6-11,20-21H,4-5,12-14H2,1-3H3. The summed E-state index contributed by atoms with van der Waals surface area (Å²) in [6.45, 7) is 0.258. The summed E-state index contributed by atoms with van der Waals surface area (Å²) in [5, 5.41) is -0.392. The fourth-order valence-corrected chi connectivity index (χ4v) is 5.12. The highest BCUT2D eigenvalue weighted by Gasteiger charge is 2.50. The zero-order chi connectivity index (χ0) is 27.6. The molecule has 38 heavy (non-hydrogen) atoms. The molecule has 2 aliphatic rings. The molecule has 1 saturated heterocycles. The number of hydrogen-bond donors (Lipinski definition) is 0. The molecule has 2 heterocycles. The Hall–Kier alpha value is -3.66. The lowest BCUT2D eigenvalue weighted by Gasteiger charge is -2.48. The number of carbonyl (C=O) groups is 3. The van der Waals surface area contributed by atoms with E-state index in [9.17, 15) is 23.2 Å². The van der Waals surface area contributed by atoms with Crippen molar-refractivity contribution < 1.29 is 37.4 Å². The van der Waals surface area contributed by atoms with Crippen molar-refractivity contribution in [1.29, 1.82) is 0 Å². The second kappa shape index (κ2) is 11.4. The van der Waals surface area contributed by atoms with Gasteiger partial charge in [0.1, 0.15) is 16.9 Å². The van der Waals surface area contributed by atoms with Crippen LogP contribution in [0, 0.1) is 11.6 Å². The Labute approximate surface area is 223 Å². The molecule has 2 amide bonds. The van der Waals surface area contributed by atoms with Gasteiger partial charge in [-0.05, 0) is 41.7 Å². The number of carbonyl (C=O) groups excluding carboxylic acids is 3. The number of esters is 1. The normalized spacial score (nSPS) is 18.9. The summed E-state index contributed by atoms with van der Waals surface area (Å²) in [5.74, 6) is -2.62. The van der Waals surface area contributed by atoms with Gasteiger partial charge < -0.3 is 19.1 Å². The molecule has 11 heteroatoms. The van der Waals surface area contributed by atoms with Gasteiger partial charge in [-0.15, -0.1) is 0 Å². The van der Waals surface area contributed by atoms with E-state index in [1.165, 1.54) is 24.0 Å². The molecule has 0 spiro atoms. The van der Waals surface area contributed by atoms with Crippen molar-refractivity contribution >= 4 is 35.1 Å². The molecule has 0 saturated carbocycles. The molecule has 0 N–H and O–H groups in total. The van der Waals surface area contributed by atoms with Gasteiger partial charge in [0.05, 0.1) is 32.4 Å². The Balaban J connectivity index is 1.53. The van der Waals surface area contributed by atoms with E-state index in [1.807, 2.05) is 24.3 Å². The molecule has 2 aromatic carbocycles. The fraction of sp³-hybridized carbons (Fsp3) is 0.370. The number of nitrogens with zero attached hydrogens (tertiary/aromatic N) is 2. The van der Waals surface area contributed by atoms with Crippen molar-refractivity contribution in [2.75, 3.05) is 34.4 Å². The minimum Gasteiger partial charge on any atom is -0.489 e. The third-order valence-corrected chi connectivity index (χ3v) is 7.14. The summed E-state index contributed by atoms with van der Waals surface area (Å²) in [5.41, 5.74) is 2.63. The summed E-state index contributed by atoms with van der Waals surface area (Å²) in [7, 11) is 4.13. The highest BCUT2D eigenvalue weighted by Crippen LogP contribution is 2.39. The lowest BCUT2D eigenvalue weighted by Crippen LogP contribution is -2.65. The van der Waals surface area contributed by atoms with Crippen molar-refractivity contribution in [2.45, 2.75) is 31.3 Å². The van der Waals surface area contributed by atoms with Gasteiger partial charge in [-0.3, -0.25) is 9.69 Å². The van der Waals surface area contributed by atoms with Crippen LogP contribution >= 0.6 is 11.6 Å². The SMILES string of the molecule is COC(=O)C1=C(c2ccc(CCCOc3c(F)ccc(F)c3Cl)cc2)CC2C(=O)N(C)CC1N2C(=O)OC. The van der Waals surface area contributed by atoms with Crippen LogP contribution in [0.2, 0.25) is 5.02 Å². The van der Waals surface area contributed by atoms with Crippen LogP contribution in [-0.4, -0.2) is 74.3 Å². The van der Waals surface area contributed by atoms with Crippen LogP contribution in [0.5, 0.6) is 5.75 Å². The van der Waals surface area contributed by atoms with Crippen molar-refractivity contribution in [2.24, 2.45) is 0 Å². The average molecular weight is 549 g/mol.